The molecular weight excluding hydrogens is 690 g/mol. The number of phenols is 1. The number of imide groups is 2. The number of anilines is 1. The van der Waals surface area contributed by atoms with Crippen molar-refractivity contribution in [3.8, 4) is 5.75 Å². The van der Waals surface area contributed by atoms with Crippen molar-refractivity contribution in [1.82, 2.24) is 4.90 Å². The van der Waals surface area contributed by atoms with E-state index in [4.69, 9.17) is 39.9 Å². The van der Waals surface area contributed by atoms with Crippen molar-refractivity contribution in [1.29, 1.82) is 0 Å². The van der Waals surface area contributed by atoms with Gasteiger partial charge in [-0.2, -0.15) is 0 Å². The van der Waals surface area contributed by atoms with E-state index in [0.717, 1.165) is 17.0 Å². The number of carbonyl (C=O) groups is 5. The van der Waals surface area contributed by atoms with E-state index in [0.29, 0.717) is 0 Å². The molecule has 2 aromatic carbocycles. The molecule has 2 saturated heterocycles. The first kappa shape index (κ1) is 32.2. The van der Waals surface area contributed by atoms with Crippen molar-refractivity contribution in [2.45, 2.75) is 34.9 Å². The number of carbonyl (C=O) groups excluding carboxylic acids is 4. The molecule has 9 nitrogen and oxygen atoms in total. The Balaban J connectivity index is 1.58. The molecule has 6 unspecified atom stereocenters. The fourth-order valence-electron chi connectivity index (χ4n) is 7.16. The second-order valence-electron chi connectivity index (χ2n) is 11.4. The minimum Gasteiger partial charge on any atom is -0.508 e. The van der Waals surface area contributed by atoms with E-state index < -0.39 is 123 Å². The lowest BCUT2D eigenvalue weighted by molar-refractivity contribution is -0.142. The lowest BCUT2D eigenvalue weighted by Gasteiger charge is -2.50. The first-order valence-corrected chi connectivity index (χ1v) is 14.7. The smallest absolute Gasteiger partial charge is 0.305 e. The summed E-state index contributed by atoms with van der Waals surface area (Å²) in [5, 5.41) is 20.0. The molecule has 2 heterocycles. The zero-order chi connectivity index (χ0) is 33.8. The summed E-state index contributed by atoms with van der Waals surface area (Å²) >= 11 is 20.1. The monoisotopic (exact) mass is 706 g/mol. The number of likely N-dealkylation sites (tertiary alicyclic amines) is 1. The third kappa shape index (κ3) is 4.08. The molecule has 0 radical (unpaired) electrons. The Morgan fingerprint density at radius 1 is 0.913 bits per heavy atom. The Kier molecular flexibility index (Phi) is 7.45. The largest absolute Gasteiger partial charge is 0.508 e. The van der Waals surface area contributed by atoms with Gasteiger partial charge in [-0.3, -0.25) is 28.9 Å². The molecule has 4 aliphatic rings. The molecule has 2 aliphatic carbocycles. The average molecular weight is 708 g/mol. The molecule has 2 N–H and O–H groups in total. The van der Waals surface area contributed by atoms with Crippen molar-refractivity contribution in [3.63, 3.8) is 0 Å². The number of benzene rings is 2. The van der Waals surface area contributed by atoms with Crippen LogP contribution in [0.25, 0.3) is 0 Å². The number of carboxylic acids is 1. The van der Waals surface area contributed by atoms with Crippen molar-refractivity contribution in [3.05, 3.63) is 69.5 Å². The number of fused-ring (bicyclic) bond motifs is 4. The summed E-state index contributed by atoms with van der Waals surface area (Å²) < 4.78 is 72.6. The van der Waals surface area contributed by atoms with Gasteiger partial charge in [-0.25, -0.2) is 26.9 Å². The minimum atomic E-state index is -2.82. The number of nitrogens with zero attached hydrogens (tertiary/aromatic N) is 2. The number of phenolic OH excluding ortho intramolecular Hbond substituents is 1. The highest BCUT2D eigenvalue weighted by atomic mass is 35.5. The van der Waals surface area contributed by atoms with E-state index >= 15 is 8.78 Å². The van der Waals surface area contributed by atoms with Crippen LogP contribution < -0.4 is 4.90 Å². The molecule has 2 aromatic rings. The summed E-state index contributed by atoms with van der Waals surface area (Å²) in [6, 6.07) is 3.51. The van der Waals surface area contributed by atoms with E-state index in [-0.39, 0.29) is 27.5 Å². The molecule has 0 bridgehead atoms. The third-order valence-corrected chi connectivity index (χ3v) is 10.8. The Bertz CT molecular complexity index is 1810. The van der Waals surface area contributed by atoms with Crippen LogP contribution in [0.2, 0.25) is 5.02 Å². The number of halogens is 8. The highest BCUT2D eigenvalue weighted by molar-refractivity contribution is 6.58. The standard InChI is InChI=1S/C29H18Cl3F5N2O7/c30-9-1-4-14(40)12(7-9)17-10-2-3-11-16(25(44)38(24(11)43)6-5-15(41)42)13(10)8-28(31)26(45)39(27(46)29(17,28)32)23-21(36)19(34)18(33)20(35)22(23)37/h1-2,4,7,11,13,16-17,40H,3,5-6,8H2,(H,41,42). The van der Waals surface area contributed by atoms with Gasteiger partial charge >= 0.3 is 5.97 Å². The van der Waals surface area contributed by atoms with Crippen LogP contribution in [0.4, 0.5) is 27.6 Å². The fourth-order valence-corrected chi connectivity index (χ4v) is 8.27. The molecule has 0 spiro atoms. The fraction of sp³-hybridized carbons (Fsp3) is 0.345. The van der Waals surface area contributed by atoms with Crippen LogP contribution in [0, 0.1) is 46.8 Å². The Morgan fingerprint density at radius 3 is 2.13 bits per heavy atom. The van der Waals surface area contributed by atoms with Gasteiger partial charge in [-0.15, -0.1) is 23.2 Å². The summed E-state index contributed by atoms with van der Waals surface area (Å²) in [6.45, 7) is -0.475. The molecule has 242 valence electrons. The normalized spacial score (nSPS) is 30.4. The topological polar surface area (TPSA) is 132 Å². The molecule has 4 amide bonds. The van der Waals surface area contributed by atoms with Gasteiger partial charge in [0.25, 0.3) is 11.8 Å². The maximum absolute atomic E-state index is 15.1. The quantitative estimate of drug-likeness (QED) is 0.114. The maximum Gasteiger partial charge on any atom is 0.305 e. The number of rotatable bonds is 5. The van der Waals surface area contributed by atoms with Gasteiger partial charge in [-0.1, -0.05) is 23.3 Å². The Hall–Kier alpha value is -3.75. The third-order valence-electron chi connectivity index (χ3n) is 9.16. The van der Waals surface area contributed by atoms with E-state index in [1.807, 2.05) is 0 Å². The number of amides is 4. The number of aliphatic carboxylic acids is 1. The molecule has 17 heteroatoms. The van der Waals surface area contributed by atoms with E-state index in [2.05, 4.69) is 0 Å². The average Bonchev–Trinajstić information content (AvgIpc) is 3.33. The van der Waals surface area contributed by atoms with E-state index in [9.17, 15) is 42.3 Å². The van der Waals surface area contributed by atoms with Gasteiger partial charge in [-0.05, 0) is 37.0 Å². The van der Waals surface area contributed by atoms with E-state index in [1.54, 1.807) is 0 Å². The number of alkyl halides is 2. The van der Waals surface area contributed by atoms with Gasteiger partial charge < -0.3 is 10.2 Å². The summed E-state index contributed by atoms with van der Waals surface area (Å²) in [6.07, 6.45) is -0.0313. The highest BCUT2D eigenvalue weighted by Gasteiger charge is 2.77. The van der Waals surface area contributed by atoms with Gasteiger partial charge in [0, 0.05) is 23.0 Å². The van der Waals surface area contributed by atoms with Gasteiger partial charge in [0.2, 0.25) is 17.6 Å². The predicted octanol–water partition coefficient (Wildman–Crippen LogP) is 4.78. The zero-order valence-electron chi connectivity index (χ0n) is 22.8. The van der Waals surface area contributed by atoms with Crippen LogP contribution in [0.3, 0.4) is 0 Å². The SMILES string of the molecule is O=C(O)CCN1C(=O)C2CC=C3C(CC4(Cl)C(=O)N(c5c(F)c(F)c(F)c(F)c5F)C(=O)C4(Cl)C3c3cc(Cl)ccc3O)C2C1=O. The Labute approximate surface area is 270 Å². The predicted molar refractivity (Wildman–Crippen MR) is 149 cm³/mol. The first-order valence-electron chi connectivity index (χ1n) is 13.5. The zero-order valence-corrected chi connectivity index (χ0v) is 25.1. The molecule has 6 atom stereocenters. The summed E-state index contributed by atoms with van der Waals surface area (Å²) in [5.41, 5.74) is -2.06. The second kappa shape index (κ2) is 10.6. The first-order chi connectivity index (χ1) is 21.5. The van der Waals surface area contributed by atoms with Crippen molar-refractivity contribution in [2.75, 3.05) is 11.4 Å². The lowest BCUT2D eigenvalue weighted by atomic mass is 9.56. The summed E-state index contributed by atoms with van der Waals surface area (Å²) in [7, 11) is 0. The number of aromatic hydroxyl groups is 1. The van der Waals surface area contributed by atoms with Crippen molar-refractivity contribution in [2.24, 2.45) is 17.8 Å². The molecule has 46 heavy (non-hydrogen) atoms. The lowest BCUT2D eigenvalue weighted by Crippen LogP contribution is -2.60. The van der Waals surface area contributed by atoms with Crippen LogP contribution in [0.5, 0.6) is 5.75 Å². The van der Waals surface area contributed by atoms with Gasteiger partial charge in [0.1, 0.15) is 11.4 Å². The number of hydrogen-bond donors (Lipinski definition) is 2. The molecule has 2 aliphatic heterocycles. The Morgan fingerprint density at radius 2 is 1.52 bits per heavy atom. The second-order valence-corrected chi connectivity index (χ2v) is 13.0. The summed E-state index contributed by atoms with van der Waals surface area (Å²) in [4.78, 5) is 61.1. The molecule has 1 saturated carbocycles. The summed E-state index contributed by atoms with van der Waals surface area (Å²) in [5.74, 6) is -24.6. The van der Waals surface area contributed by atoms with Crippen molar-refractivity contribution < 1.29 is 56.1 Å². The molecule has 6 rings (SSSR count). The molecular formula is C29H18Cl3F5N2O7. The van der Waals surface area contributed by atoms with Crippen LogP contribution in [0.15, 0.2) is 29.8 Å². The van der Waals surface area contributed by atoms with Gasteiger partial charge in [0.15, 0.2) is 33.0 Å². The van der Waals surface area contributed by atoms with Crippen LogP contribution >= 0.6 is 34.8 Å². The minimum absolute atomic E-state index is 0.0231. The van der Waals surface area contributed by atoms with Crippen LogP contribution in [0.1, 0.15) is 30.7 Å². The molecule has 3 fully saturated rings. The van der Waals surface area contributed by atoms with Crippen molar-refractivity contribution >= 4 is 70.1 Å². The number of allylic oxidation sites excluding steroid dienone is 2. The maximum atomic E-state index is 15.1. The van der Waals surface area contributed by atoms with Gasteiger partial charge in [0.05, 0.1) is 18.3 Å². The van der Waals surface area contributed by atoms with E-state index in [1.165, 1.54) is 12.1 Å². The van der Waals surface area contributed by atoms with Crippen LogP contribution in [-0.2, 0) is 24.0 Å². The number of hydrogen-bond acceptors (Lipinski definition) is 6. The molecule has 0 aromatic heterocycles. The highest BCUT2D eigenvalue weighted by Crippen LogP contribution is 2.66. The van der Waals surface area contributed by atoms with Crippen LogP contribution in [-0.4, -0.2) is 61.0 Å². The number of carboxylic acid groups (broad SMARTS) is 1.